The molecule has 7 nitrogen and oxygen atoms in total. The van der Waals surface area contributed by atoms with Gasteiger partial charge in [0.25, 0.3) is 5.91 Å². The van der Waals surface area contributed by atoms with Crippen molar-refractivity contribution in [2.45, 2.75) is 11.8 Å². The van der Waals surface area contributed by atoms with E-state index in [1.807, 2.05) is 30.2 Å². The fraction of sp³-hybridized carbons (Fsp3) is 0.158. The van der Waals surface area contributed by atoms with Crippen LogP contribution in [0.3, 0.4) is 0 Å². The first-order valence-electron chi connectivity index (χ1n) is 8.34. The number of carbonyl (C=O) groups excluding carboxylic acids is 2. The van der Waals surface area contributed by atoms with Gasteiger partial charge in [-0.05, 0) is 24.3 Å². The van der Waals surface area contributed by atoms with Gasteiger partial charge in [0.1, 0.15) is 16.6 Å². The number of aliphatic carboxylic acids is 1. The third-order valence-electron chi connectivity index (χ3n) is 3.86. The smallest absolute Gasteiger partial charge is 0.323 e. The number of allylic oxidation sites excluding steroid dienone is 4. The summed E-state index contributed by atoms with van der Waals surface area (Å²) in [6, 6.07) is 5.45. The molecule has 0 spiro atoms. The molecule has 0 saturated carbocycles. The number of hydrogen-bond donors (Lipinski definition) is 1. The molecule has 2 aliphatic heterocycles. The molecule has 1 aromatic rings. The lowest BCUT2D eigenvalue weighted by Crippen LogP contribution is -2.33. The molecule has 0 unspecified atom stereocenters. The topological polar surface area (TPSA) is 87.2 Å². The van der Waals surface area contributed by atoms with Gasteiger partial charge in [-0.15, -0.1) is 0 Å². The summed E-state index contributed by atoms with van der Waals surface area (Å²) in [6.45, 7) is 0.919. The molecule has 1 aromatic carbocycles. The average Bonchev–Trinajstić information content (AvgIpc) is 3.09. The molecule has 0 atom stereocenters. The number of carboxylic acids is 1. The Kier molecular flexibility index (Phi) is 6.46. The highest BCUT2D eigenvalue weighted by atomic mass is 32.2. The molecule has 0 aromatic heterocycles. The molecule has 2 aliphatic rings. The van der Waals surface area contributed by atoms with Crippen molar-refractivity contribution >= 4 is 63.6 Å². The molecular formula is C19H16N2O5S3. The van der Waals surface area contributed by atoms with Gasteiger partial charge in [-0.2, -0.15) is 0 Å². The number of fused-ring (bicyclic) bond motifs is 1. The largest absolute Gasteiger partial charge is 0.480 e. The van der Waals surface area contributed by atoms with Gasteiger partial charge in [0.15, 0.2) is 0 Å². The van der Waals surface area contributed by atoms with Crippen LogP contribution < -0.4 is 9.64 Å². The van der Waals surface area contributed by atoms with Gasteiger partial charge in [-0.3, -0.25) is 19.3 Å². The van der Waals surface area contributed by atoms with E-state index in [2.05, 4.69) is 0 Å². The van der Waals surface area contributed by atoms with Crippen molar-refractivity contribution in [3.8, 4) is 5.75 Å². The van der Waals surface area contributed by atoms with E-state index in [1.165, 1.54) is 6.92 Å². The van der Waals surface area contributed by atoms with Gasteiger partial charge < -0.3 is 14.7 Å². The third kappa shape index (κ3) is 4.89. The van der Waals surface area contributed by atoms with Crippen LogP contribution in [0.1, 0.15) is 6.92 Å². The van der Waals surface area contributed by atoms with Crippen molar-refractivity contribution in [1.82, 2.24) is 4.90 Å². The Labute approximate surface area is 181 Å². The van der Waals surface area contributed by atoms with Gasteiger partial charge >= 0.3 is 11.9 Å². The van der Waals surface area contributed by atoms with Crippen LogP contribution in [0.4, 0.5) is 5.69 Å². The number of anilines is 1. The summed E-state index contributed by atoms with van der Waals surface area (Å²) in [5, 5.41) is 9.82. The van der Waals surface area contributed by atoms with Gasteiger partial charge in [-0.1, -0.05) is 47.9 Å². The third-order valence-corrected chi connectivity index (χ3v) is 6.44. The lowest BCUT2D eigenvalue weighted by molar-refractivity contribution is -0.140. The maximum atomic E-state index is 12.2. The lowest BCUT2D eigenvalue weighted by atomic mass is 10.3. The Morgan fingerprint density at radius 1 is 1.24 bits per heavy atom. The highest BCUT2D eigenvalue weighted by molar-refractivity contribution is 8.26. The number of thiocarbonyl (C=S) groups is 1. The van der Waals surface area contributed by atoms with E-state index < -0.39 is 18.4 Å². The van der Waals surface area contributed by atoms with Gasteiger partial charge in [-0.25, -0.2) is 0 Å². The van der Waals surface area contributed by atoms with E-state index >= 15 is 0 Å². The van der Waals surface area contributed by atoms with Crippen molar-refractivity contribution in [2.75, 3.05) is 18.5 Å². The van der Waals surface area contributed by atoms with Gasteiger partial charge in [0.2, 0.25) is 0 Å². The fourth-order valence-corrected chi connectivity index (χ4v) is 4.84. The minimum absolute atomic E-state index is 0.237. The zero-order valence-corrected chi connectivity index (χ0v) is 17.9. The number of carboxylic acid groups (broad SMARTS) is 1. The van der Waals surface area contributed by atoms with E-state index in [4.69, 9.17) is 22.1 Å². The second kappa shape index (κ2) is 8.85. The number of amides is 1. The normalized spacial score (nSPS) is 19.0. The van der Waals surface area contributed by atoms with Crippen molar-refractivity contribution in [3.05, 3.63) is 52.4 Å². The first kappa shape index (κ1) is 21.2. The highest BCUT2D eigenvalue weighted by Crippen LogP contribution is 2.46. The molecular weight excluding hydrogens is 432 g/mol. The first-order valence-corrected chi connectivity index (χ1v) is 10.4. The number of ether oxygens (including phenoxy) is 1. The Morgan fingerprint density at radius 3 is 2.66 bits per heavy atom. The average molecular weight is 449 g/mol. The van der Waals surface area contributed by atoms with E-state index in [9.17, 15) is 14.4 Å². The van der Waals surface area contributed by atoms with E-state index in [1.54, 1.807) is 36.1 Å². The van der Waals surface area contributed by atoms with E-state index in [-0.39, 0.29) is 10.3 Å². The summed E-state index contributed by atoms with van der Waals surface area (Å²) in [5.41, 5.74) is 0.933. The molecule has 0 bridgehead atoms. The van der Waals surface area contributed by atoms with Crippen molar-refractivity contribution in [3.63, 3.8) is 0 Å². The maximum absolute atomic E-state index is 12.2. The first-order chi connectivity index (χ1) is 13.8. The van der Waals surface area contributed by atoms with Crippen molar-refractivity contribution in [2.24, 2.45) is 0 Å². The number of nitrogens with zero attached hydrogens (tertiary/aromatic N) is 2. The Bertz CT molecular complexity index is 1000. The predicted molar refractivity (Wildman–Crippen MR) is 117 cm³/mol. The lowest BCUT2D eigenvalue weighted by Gasteiger charge is -2.13. The Hall–Kier alpha value is -2.56. The van der Waals surface area contributed by atoms with Crippen LogP contribution >= 0.6 is 35.7 Å². The second-order valence-corrected chi connectivity index (χ2v) is 8.70. The molecule has 10 heteroatoms. The highest BCUT2D eigenvalue weighted by Gasteiger charge is 2.32. The number of rotatable bonds is 5. The maximum Gasteiger partial charge on any atom is 0.323 e. The molecule has 2 heterocycles. The SMILES string of the molecule is CC(=O)Oc1ccc2c(c1)N(C)C(=CC=CC=C1SC(=S)N(CC(=O)O)C1=O)S2. The molecule has 29 heavy (non-hydrogen) atoms. The summed E-state index contributed by atoms with van der Waals surface area (Å²) in [6.07, 6.45) is 7.01. The minimum atomic E-state index is -1.11. The number of thioether (sulfide) groups is 2. The number of esters is 1. The van der Waals surface area contributed by atoms with Crippen LogP contribution in [-0.2, 0) is 14.4 Å². The van der Waals surface area contributed by atoms with E-state index in [0.717, 1.165) is 32.3 Å². The summed E-state index contributed by atoms with van der Waals surface area (Å²) < 4.78 is 5.37. The van der Waals surface area contributed by atoms with Crippen LogP contribution in [0, 0.1) is 0 Å². The van der Waals surface area contributed by atoms with Crippen molar-refractivity contribution in [1.29, 1.82) is 0 Å². The number of carbonyl (C=O) groups is 3. The summed E-state index contributed by atoms with van der Waals surface area (Å²) in [7, 11) is 1.91. The van der Waals surface area contributed by atoms with Crippen LogP contribution in [0.5, 0.6) is 5.75 Å². The molecule has 1 N–H and O–H groups in total. The quantitative estimate of drug-likeness (QED) is 0.315. The van der Waals surface area contributed by atoms with Crippen molar-refractivity contribution < 1.29 is 24.2 Å². The van der Waals surface area contributed by atoms with Crippen LogP contribution in [0.15, 0.2) is 57.3 Å². The molecule has 0 radical (unpaired) electrons. The summed E-state index contributed by atoms with van der Waals surface area (Å²) in [5.74, 6) is -1.40. The monoisotopic (exact) mass is 448 g/mol. The molecule has 150 valence electrons. The van der Waals surface area contributed by atoms with Crippen LogP contribution in [0.2, 0.25) is 0 Å². The van der Waals surface area contributed by atoms with E-state index in [0.29, 0.717) is 10.7 Å². The van der Waals surface area contributed by atoms with Gasteiger partial charge in [0.05, 0.1) is 15.6 Å². The van der Waals surface area contributed by atoms with Gasteiger partial charge in [0, 0.05) is 24.9 Å². The molecule has 0 aliphatic carbocycles. The zero-order chi connectivity index (χ0) is 21.1. The summed E-state index contributed by atoms with van der Waals surface area (Å²) >= 11 is 7.71. The number of benzene rings is 1. The zero-order valence-electron chi connectivity index (χ0n) is 15.4. The molecule has 1 fully saturated rings. The minimum Gasteiger partial charge on any atom is -0.480 e. The van der Waals surface area contributed by atoms with Crippen LogP contribution in [0.25, 0.3) is 0 Å². The summed E-state index contributed by atoms with van der Waals surface area (Å²) in [4.78, 5) is 38.6. The standard InChI is InChI=1S/C19H16N2O5S3/c1-11(22)26-12-7-8-14-13(9-12)20(2)16(28-14)6-4-3-5-15-18(25)21(10-17(23)24)19(27)29-15/h3-9H,10H2,1-2H3,(H,23,24). The molecule has 3 rings (SSSR count). The predicted octanol–water partition coefficient (Wildman–Crippen LogP) is 3.38. The Morgan fingerprint density at radius 2 is 1.97 bits per heavy atom. The second-order valence-electron chi connectivity index (χ2n) is 5.96. The fourth-order valence-electron chi connectivity index (χ4n) is 2.59. The molecule has 1 amide bonds. The molecule has 1 saturated heterocycles. The number of hydrogen-bond acceptors (Lipinski definition) is 8. The van der Waals surface area contributed by atoms with Crippen LogP contribution in [-0.4, -0.2) is 45.8 Å². The Balaban J connectivity index is 1.69.